The molecule has 2 rings (SSSR count). The van der Waals surface area contributed by atoms with E-state index in [0.29, 0.717) is 32.2 Å². The summed E-state index contributed by atoms with van der Waals surface area (Å²) in [5.41, 5.74) is 8.19. The van der Waals surface area contributed by atoms with Crippen molar-refractivity contribution in [2.75, 3.05) is 26.8 Å². The van der Waals surface area contributed by atoms with E-state index in [-0.39, 0.29) is 36.1 Å². The van der Waals surface area contributed by atoms with E-state index in [2.05, 4.69) is 16.4 Å². The van der Waals surface area contributed by atoms with Crippen LogP contribution in [-0.2, 0) is 11.3 Å². The zero-order valence-corrected chi connectivity index (χ0v) is 18.0. The lowest BCUT2D eigenvalue weighted by molar-refractivity contribution is 0.0963. The van der Waals surface area contributed by atoms with Crippen molar-refractivity contribution in [1.82, 2.24) is 10.2 Å². The van der Waals surface area contributed by atoms with Crippen molar-refractivity contribution in [2.45, 2.75) is 39.3 Å². The van der Waals surface area contributed by atoms with Gasteiger partial charge in [-0.15, -0.1) is 24.0 Å². The number of aryl methyl sites for hydroxylation is 1. The van der Waals surface area contributed by atoms with Gasteiger partial charge in [0.2, 0.25) is 0 Å². The molecule has 1 aromatic rings. The van der Waals surface area contributed by atoms with Crippen molar-refractivity contribution < 1.29 is 14.3 Å². The van der Waals surface area contributed by atoms with Gasteiger partial charge in [0.25, 0.3) is 0 Å². The van der Waals surface area contributed by atoms with Crippen LogP contribution in [-0.4, -0.2) is 49.8 Å². The number of carbonyl (C=O) groups is 1. The Hall–Kier alpha value is -1.71. The molecule has 0 aliphatic carbocycles. The highest BCUT2D eigenvalue weighted by molar-refractivity contribution is 14.0. The van der Waals surface area contributed by atoms with Crippen molar-refractivity contribution in [3.05, 3.63) is 29.3 Å². The molecule has 1 heterocycles. The van der Waals surface area contributed by atoms with Gasteiger partial charge in [0.1, 0.15) is 5.75 Å². The topological polar surface area (TPSA) is 89.2 Å². The van der Waals surface area contributed by atoms with Crippen LogP contribution < -0.4 is 15.8 Å². The van der Waals surface area contributed by atoms with Gasteiger partial charge in [-0.3, -0.25) is 0 Å². The molecule has 26 heavy (non-hydrogen) atoms. The number of nitrogens with one attached hydrogen (secondary N) is 1. The number of ether oxygens (including phenoxy) is 2. The van der Waals surface area contributed by atoms with Crippen LogP contribution in [0, 0.1) is 6.92 Å². The van der Waals surface area contributed by atoms with Gasteiger partial charge in [-0.05, 0) is 49.9 Å². The first-order valence-electron chi connectivity index (χ1n) is 8.64. The van der Waals surface area contributed by atoms with E-state index in [1.807, 2.05) is 26.0 Å². The normalized spacial score (nSPS) is 15.2. The molecule has 1 aliphatic heterocycles. The molecule has 0 atom stereocenters. The number of nitrogens with zero attached hydrogens (tertiary/aromatic N) is 2. The largest absolute Gasteiger partial charge is 0.497 e. The predicted molar refractivity (Wildman–Crippen MR) is 113 cm³/mol. The molecule has 1 saturated heterocycles. The second-order valence-electron chi connectivity index (χ2n) is 6.16. The van der Waals surface area contributed by atoms with Crippen LogP contribution in [0.5, 0.6) is 5.75 Å². The van der Waals surface area contributed by atoms with Crippen molar-refractivity contribution in [3.8, 4) is 5.75 Å². The summed E-state index contributed by atoms with van der Waals surface area (Å²) < 4.78 is 10.3. The Balaban J connectivity index is 0.00000338. The fourth-order valence-electron chi connectivity index (χ4n) is 2.89. The summed E-state index contributed by atoms with van der Waals surface area (Å²) in [7, 11) is 1.65. The maximum Gasteiger partial charge on any atom is 0.409 e. The van der Waals surface area contributed by atoms with Crippen LogP contribution in [0.4, 0.5) is 4.79 Å². The molecule has 7 nitrogen and oxygen atoms in total. The Morgan fingerprint density at radius 2 is 2.04 bits per heavy atom. The zero-order valence-electron chi connectivity index (χ0n) is 15.7. The molecular formula is C18H29IN4O3. The van der Waals surface area contributed by atoms with E-state index < -0.39 is 0 Å². The lowest BCUT2D eigenvalue weighted by atomic mass is 10.1. The minimum atomic E-state index is -0.240. The molecule has 8 heteroatoms. The van der Waals surface area contributed by atoms with E-state index >= 15 is 0 Å². The minimum absolute atomic E-state index is 0. The molecule has 1 aliphatic rings. The zero-order chi connectivity index (χ0) is 18.2. The number of nitrogens with two attached hydrogens (primary N) is 1. The summed E-state index contributed by atoms with van der Waals surface area (Å²) in [6, 6.07) is 6.23. The number of piperidine rings is 1. The standard InChI is InChI=1S/C18H28N4O3.HI/c1-4-25-18(23)22-7-5-15(6-8-22)21-17(19)20-12-14-9-13(2)10-16(11-14)24-3;/h9-11,15H,4-8,12H2,1-3H3,(H3,19,20,21);1H. The minimum Gasteiger partial charge on any atom is -0.497 e. The first-order valence-corrected chi connectivity index (χ1v) is 8.64. The summed E-state index contributed by atoms with van der Waals surface area (Å²) in [6.45, 7) is 6.07. The van der Waals surface area contributed by atoms with Gasteiger partial charge in [0.05, 0.1) is 20.3 Å². The number of carbonyl (C=O) groups excluding carboxylic acids is 1. The second-order valence-corrected chi connectivity index (χ2v) is 6.16. The Labute approximate surface area is 172 Å². The average Bonchev–Trinajstić information content (AvgIpc) is 2.60. The van der Waals surface area contributed by atoms with Gasteiger partial charge >= 0.3 is 6.09 Å². The van der Waals surface area contributed by atoms with Gasteiger partial charge in [-0.25, -0.2) is 9.79 Å². The Bertz CT molecular complexity index is 616. The number of hydrogen-bond donors (Lipinski definition) is 2. The fourth-order valence-corrected chi connectivity index (χ4v) is 2.89. The smallest absolute Gasteiger partial charge is 0.409 e. The van der Waals surface area contributed by atoms with E-state index in [4.69, 9.17) is 15.2 Å². The Morgan fingerprint density at radius 1 is 1.35 bits per heavy atom. The first kappa shape index (κ1) is 22.3. The summed E-state index contributed by atoms with van der Waals surface area (Å²) in [5, 5.41) is 3.24. The number of likely N-dealkylation sites (tertiary alicyclic amines) is 1. The highest BCUT2D eigenvalue weighted by Crippen LogP contribution is 2.17. The number of hydrogen-bond acceptors (Lipinski definition) is 4. The highest BCUT2D eigenvalue weighted by Gasteiger charge is 2.23. The number of benzene rings is 1. The molecule has 1 amide bonds. The molecule has 0 unspecified atom stereocenters. The summed E-state index contributed by atoms with van der Waals surface area (Å²) >= 11 is 0. The molecule has 1 aromatic carbocycles. The number of guanidine groups is 1. The molecule has 1 fully saturated rings. The molecule has 3 N–H and O–H groups in total. The van der Waals surface area contributed by atoms with Crippen molar-refractivity contribution in [3.63, 3.8) is 0 Å². The molecule has 0 aromatic heterocycles. The Morgan fingerprint density at radius 3 is 2.65 bits per heavy atom. The number of aliphatic imine (C=N–C) groups is 1. The molecule has 0 radical (unpaired) electrons. The third-order valence-electron chi connectivity index (χ3n) is 4.15. The summed E-state index contributed by atoms with van der Waals surface area (Å²) in [4.78, 5) is 17.8. The molecule has 0 spiro atoms. The van der Waals surface area contributed by atoms with Crippen LogP contribution in [0.3, 0.4) is 0 Å². The van der Waals surface area contributed by atoms with E-state index in [1.165, 1.54) is 0 Å². The van der Waals surface area contributed by atoms with Gasteiger partial charge in [-0.1, -0.05) is 6.07 Å². The lowest BCUT2D eigenvalue weighted by Gasteiger charge is -2.31. The van der Waals surface area contributed by atoms with Crippen LogP contribution in [0.1, 0.15) is 30.9 Å². The molecular weight excluding hydrogens is 447 g/mol. The van der Waals surface area contributed by atoms with Crippen molar-refractivity contribution in [1.29, 1.82) is 0 Å². The van der Waals surface area contributed by atoms with Gasteiger partial charge in [-0.2, -0.15) is 0 Å². The predicted octanol–water partition coefficient (Wildman–Crippen LogP) is 2.65. The molecule has 0 saturated carbocycles. The third kappa shape index (κ3) is 6.89. The van der Waals surface area contributed by atoms with Crippen molar-refractivity contribution >= 4 is 36.0 Å². The van der Waals surface area contributed by atoms with Gasteiger partial charge < -0.3 is 25.4 Å². The highest BCUT2D eigenvalue weighted by atomic mass is 127. The van der Waals surface area contributed by atoms with Crippen molar-refractivity contribution in [2.24, 2.45) is 10.7 Å². The van der Waals surface area contributed by atoms with Crippen LogP contribution in [0.15, 0.2) is 23.2 Å². The van der Waals surface area contributed by atoms with Crippen LogP contribution >= 0.6 is 24.0 Å². The first-order chi connectivity index (χ1) is 12.0. The lowest BCUT2D eigenvalue weighted by Crippen LogP contribution is -2.48. The summed E-state index contributed by atoms with van der Waals surface area (Å²) in [6.07, 6.45) is 1.41. The van der Waals surface area contributed by atoms with Crippen LogP contribution in [0.2, 0.25) is 0 Å². The van der Waals surface area contributed by atoms with Gasteiger partial charge in [0.15, 0.2) is 5.96 Å². The maximum atomic E-state index is 11.7. The van der Waals surface area contributed by atoms with Crippen LogP contribution in [0.25, 0.3) is 0 Å². The number of rotatable bonds is 5. The van der Waals surface area contributed by atoms with E-state index in [0.717, 1.165) is 29.7 Å². The maximum absolute atomic E-state index is 11.7. The Kier molecular flexibility index (Phi) is 9.53. The second kappa shape index (κ2) is 11.1. The fraction of sp³-hybridized carbons (Fsp3) is 0.556. The quantitative estimate of drug-likeness (QED) is 0.388. The molecule has 146 valence electrons. The number of amides is 1. The number of methoxy groups -OCH3 is 1. The third-order valence-corrected chi connectivity index (χ3v) is 4.15. The summed E-state index contributed by atoms with van der Waals surface area (Å²) in [5.74, 6) is 1.25. The van der Waals surface area contributed by atoms with E-state index in [9.17, 15) is 4.79 Å². The monoisotopic (exact) mass is 476 g/mol. The van der Waals surface area contributed by atoms with Gasteiger partial charge in [0, 0.05) is 19.1 Å². The average molecular weight is 476 g/mol. The SMILES string of the molecule is CCOC(=O)N1CCC(NC(N)=NCc2cc(C)cc(OC)c2)CC1.I. The number of halogens is 1. The molecule has 0 bridgehead atoms. The van der Waals surface area contributed by atoms with E-state index in [1.54, 1.807) is 12.0 Å².